The Kier molecular flexibility index (Phi) is 5.12. The summed E-state index contributed by atoms with van der Waals surface area (Å²) >= 11 is 0. The molecule has 0 saturated carbocycles. The summed E-state index contributed by atoms with van der Waals surface area (Å²) in [5.74, 6) is -0.935. The predicted octanol–water partition coefficient (Wildman–Crippen LogP) is 1.61. The van der Waals surface area contributed by atoms with Crippen molar-refractivity contribution >= 4 is 17.5 Å². The molecule has 2 N–H and O–H groups in total. The van der Waals surface area contributed by atoms with Crippen LogP contribution in [0.25, 0.3) is 5.69 Å². The van der Waals surface area contributed by atoms with Gasteiger partial charge in [-0.1, -0.05) is 0 Å². The Bertz CT molecular complexity index is 802. The minimum atomic E-state index is -1.19. The maximum absolute atomic E-state index is 11.6. The number of nitro groups is 1. The molecular weight excluding hydrogens is 342 g/mol. The molecule has 3 rings (SSSR count). The largest absolute Gasteiger partial charge is 0.476 e. The number of hydrogen-bond donors (Lipinski definition) is 2. The molecule has 1 fully saturated rings. The summed E-state index contributed by atoms with van der Waals surface area (Å²) in [5, 5.41) is 37.9. The molecule has 10 heteroatoms. The van der Waals surface area contributed by atoms with E-state index in [1.54, 1.807) is 0 Å². The first kappa shape index (κ1) is 17.8. The Balaban J connectivity index is 1.98. The smallest absolute Gasteiger partial charge is 0.360 e. The van der Waals surface area contributed by atoms with E-state index >= 15 is 0 Å². The fourth-order valence-corrected chi connectivity index (χ4v) is 3.18. The van der Waals surface area contributed by atoms with Crippen LogP contribution < -0.4 is 4.90 Å². The van der Waals surface area contributed by atoms with E-state index < -0.39 is 10.9 Å². The first-order chi connectivity index (χ1) is 12.5. The molecule has 0 aliphatic carbocycles. The maximum Gasteiger partial charge on any atom is 0.360 e. The molecule has 0 radical (unpaired) electrons. The summed E-state index contributed by atoms with van der Waals surface area (Å²) in [6.07, 6.45) is 3.30. The molecule has 26 heavy (non-hydrogen) atoms. The highest BCUT2D eigenvalue weighted by atomic mass is 16.6. The summed E-state index contributed by atoms with van der Waals surface area (Å²) in [6.45, 7) is 0.657. The number of carbonyl (C=O) groups is 1. The Labute approximate surface area is 148 Å². The van der Waals surface area contributed by atoms with Crippen LogP contribution in [0.2, 0.25) is 0 Å². The van der Waals surface area contributed by atoms with Gasteiger partial charge in [0.25, 0.3) is 5.69 Å². The molecule has 1 aromatic carbocycles. The molecule has 1 saturated heterocycles. The molecule has 2 heterocycles. The van der Waals surface area contributed by atoms with Crippen LogP contribution >= 0.6 is 0 Å². The lowest BCUT2D eigenvalue weighted by Gasteiger charge is -2.35. The Morgan fingerprint density at radius 3 is 2.62 bits per heavy atom. The third-order valence-corrected chi connectivity index (χ3v) is 4.45. The van der Waals surface area contributed by atoms with Gasteiger partial charge in [0.05, 0.1) is 10.6 Å². The van der Waals surface area contributed by atoms with Crippen LogP contribution in [0.1, 0.15) is 36.2 Å². The van der Waals surface area contributed by atoms with Gasteiger partial charge in [0.15, 0.2) is 5.82 Å². The highest BCUT2D eigenvalue weighted by Gasteiger charge is 2.30. The van der Waals surface area contributed by atoms with Crippen molar-refractivity contribution in [1.29, 1.82) is 0 Å². The van der Waals surface area contributed by atoms with Crippen molar-refractivity contribution in [3.8, 4) is 5.69 Å². The van der Waals surface area contributed by atoms with Gasteiger partial charge in [0.2, 0.25) is 5.69 Å². The molecule has 1 aliphatic rings. The summed E-state index contributed by atoms with van der Waals surface area (Å²) < 4.78 is 0. The van der Waals surface area contributed by atoms with Gasteiger partial charge < -0.3 is 15.1 Å². The summed E-state index contributed by atoms with van der Waals surface area (Å²) in [5.41, 5.74) is 0.187. The van der Waals surface area contributed by atoms with Crippen molar-refractivity contribution in [2.75, 3.05) is 18.1 Å². The number of hydrogen-bond acceptors (Lipinski definition) is 7. The van der Waals surface area contributed by atoms with E-state index in [0.29, 0.717) is 18.7 Å². The SMILES string of the molecule is O=C(O)c1nn(-c2ccc([N+](=O)[O-])cc2)nc1N1CCCCC1CCO. The van der Waals surface area contributed by atoms with E-state index in [9.17, 15) is 25.1 Å². The van der Waals surface area contributed by atoms with Crippen LogP contribution in [-0.4, -0.2) is 55.3 Å². The first-order valence-electron chi connectivity index (χ1n) is 8.34. The summed E-state index contributed by atoms with van der Waals surface area (Å²) in [6, 6.07) is 5.57. The minimum Gasteiger partial charge on any atom is -0.476 e. The van der Waals surface area contributed by atoms with Crippen molar-refractivity contribution in [1.82, 2.24) is 15.0 Å². The number of aromatic carboxylic acids is 1. The highest BCUT2D eigenvalue weighted by Crippen LogP contribution is 2.28. The lowest BCUT2D eigenvalue weighted by Crippen LogP contribution is -2.41. The van der Waals surface area contributed by atoms with Crippen LogP contribution in [0.4, 0.5) is 11.5 Å². The number of rotatable bonds is 6. The van der Waals surface area contributed by atoms with E-state index in [2.05, 4.69) is 10.2 Å². The number of nitro benzene ring substituents is 1. The maximum atomic E-state index is 11.6. The van der Waals surface area contributed by atoms with E-state index in [-0.39, 0.29) is 29.8 Å². The lowest BCUT2D eigenvalue weighted by atomic mass is 9.99. The van der Waals surface area contributed by atoms with E-state index in [1.165, 1.54) is 29.1 Å². The third-order valence-electron chi connectivity index (χ3n) is 4.45. The Hall–Kier alpha value is -3.01. The molecule has 10 nitrogen and oxygen atoms in total. The average molecular weight is 361 g/mol. The van der Waals surface area contributed by atoms with Gasteiger partial charge >= 0.3 is 5.97 Å². The second-order valence-corrected chi connectivity index (χ2v) is 6.10. The van der Waals surface area contributed by atoms with Gasteiger partial charge in [-0.25, -0.2) is 4.79 Å². The average Bonchev–Trinajstić information content (AvgIpc) is 3.08. The van der Waals surface area contributed by atoms with E-state index in [1.807, 2.05) is 4.90 Å². The second-order valence-electron chi connectivity index (χ2n) is 6.10. The van der Waals surface area contributed by atoms with Crippen molar-refractivity contribution in [2.45, 2.75) is 31.7 Å². The van der Waals surface area contributed by atoms with Gasteiger partial charge in [-0.3, -0.25) is 10.1 Å². The molecule has 1 aliphatic heterocycles. The molecule has 0 amide bonds. The number of nitrogens with zero attached hydrogens (tertiary/aromatic N) is 5. The standard InChI is InChI=1S/C16H19N5O5/c22-10-8-11-3-1-2-9-19(11)15-14(16(23)24)17-20(18-15)12-4-6-13(7-5-12)21(25)26/h4-7,11,22H,1-3,8-10H2,(H,23,24). The monoisotopic (exact) mass is 361 g/mol. The number of benzene rings is 1. The number of aromatic nitrogens is 3. The van der Waals surface area contributed by atoms with Crippen molar-refractivity contribution in [2.24, 2.45) is 0 Å². The molecule has 1 aromatic heterocycles. The van der Waals surface area contributed by atoms with Crippen molar-refractivity contribution < 1.29 is 19.9 Å². The fourth-order valence-electron chi connectivity index (χ4n) is 3.18. The molecule has 1 atom stereocenters. The minimum absolute atomic E-state index is 0.00820. The van der Waals surface area contributed by atoms with E-state index in [0.717, 1.165) is 19.3 Å². The molecular formula is C16H19N5O5. The topological polar surface area (TPSA) is 135 Å². The van der Waals surface area contributed by atoms with Crippen molar-refractivity contribution in [3.63, 3.8) is 0 Å². The zero-order valence-corrected chi connectivity index (χ0v) is 14.0. The molecule has 0 spiro atoms. The summed E-state index contributed by atoms with van der Waals surface area (Å²) in [7, 11) is 0. The normalized spacial score (nSPS) is 17.3. The Morgan fingerprint density at radius 1 is 1.27 bits per heavy atom. The number of aliphatic hydroxyl groups excluding tert-OH is 1. The van der Waals surface area contributed by atoms with Gasteiger partial charge in [-0.2, -0.15) is 0 Å². The van der Waals surface area contributed by atoms with Crippen LogP contribution in [0.5, 0.6) is 0 Å². The summed E-state index contributed by atoms with van der Waals surface area (Å²) in [4.78, 5) is 24.9. The number of aliphatic hydroxyl groups is 1. The number of carboxylic acids is 1. The second kappa shape index (κ2) is 7.48. The van der Waals surface area contributed by atoms with Crippen LogP contribution in [0.3, 0.4) is 0 Å². The lowest BCUT2D eigenvalue weighted by molar-refractivity contribution is -0.384. The van der Waals surface area contributed by atoms with Gasteiger partial charge in [0, 0.05) is 31.3 Å². The number of non-ortho nitro benzene ring substituents is 1. The number of anilines is 1. The first-order valence-corrected chi connectivity index (χ1v) is 8.34. The van der Waals surface area contributed by atoms with Crippen LogP contribution in [0.15, 0.2) is 24.3 Å². The molecule has 1 unspecified atom stereocenters. The quantitative estimate of drug-likeness (QED) is 0.585. The fraction of sp³-hybridized carbons (Fsp3) is 0.438. The van der Waals surface area contributed by atoms with E-state index in [4.69, 9.17) is 0 Å². The number of carboxylic acid groups (broad SMARTS) is 1. The predicted molar refractivity (Wildman–Crippen MR) is 91.7 cm³/mol. The van der Waals surface area contributed by atoms with Crippen LogP contribution in [-0.2, 0) is 0 Å². The zero-order chi connectivity index (χ0) is 18.7. The van der Waals surface area contributed by atoms with Crippen molar-refractivity contribution in [3.05, 3.63) is 40.1 Å². The van der Waals surface area contributed by atoms with Gasteiger partial charge in [-0.05, 0) is 37.8 Å². The highest BCUT2D eigenvalue weighted by molar-refractivity contribution is 5.91. The third kappa shape index (κ3) is 3.49. The number of piperidine rings is 1. The Morgan fingerprint density at radius 2 is 2.00 bits per heavy atom. The molecule has 2 aromatic rings. The molecule has 0 bridgehead atoms. The van der Waals surface area contributed by atoms with Gasteiger partial charge in [0.1, 0.15) is 0 Å². The van der Waals surface area contributed by atoms with Crippen LogP contribution in [0, 0.1) is 10.1 Å². The zero-order valence-electron chi connectivity index (χ0n) is 14.0. The molecule has 138 valence electrons. The van der Waals surface area contributed by atoms with Gasteiger partial charge in [-0.15, -0.1) is 15.0 Å².